The molecule has 4 nitrogen and oxygen atoms in total. The van der Waals surface area contributed by atoms with Gasteiger partial charge in [0.05, 0.1) is 5.69 Å². The van der Waals surface area contributed by atoms with Crippen LogP contribution >= 0.6 is 12.4 Å². The number of nitrogens with zero attached hydrogens (tertiary/aromatic N) is 3. The first-order valence-electron chi connectivity index (χ1n) is 8.07. The second-order valence-electron chi connectivity index (χ2n) is 6.73. The van der Waals surface area contributed by atoms with Crippen LogP contribution in [0.5, 0.6) is 0 Å². The molecule has 4 rings (SSSR count). The molecule has 1 aromatic carbocycles. The molecule has 1 atom stereocenters. The number of benzene rings is 1. The highest BCUT2D eigenvalue weighted by Gasteiger charge is 2.40. The predicted octanol–water partition coefficient (Wildman–Crippen LogP) is 2.76. The van der Waals surface area contributed by atoms with Crippen LogP contribution in [0.3, 0.4) is 0 Å². The van der Waals surface area contributed by atoms with Crippen molar-refractivity contribution >= 4 is 12.4 Å². The van der Waals surface area contributed by atoms with Gasteiger partial charge in [-0.25, -0.2) is 13.5 Å². The maximum atomic E-state index is 13.8. The molecule has 7 heteroatoms. The lowest BCUT2D eigenvalue weighted by molar-refractivity contribution is 0.266. The van der Waals surface area contributed by atoms with Crippen LogP contribution in [0.2, 0.25) is 0 Å². The normalized spacial score (nSPS) is 23.8. The van der Waals surface area contributed by atoms with Crippen molar-refractivity contribution in [3.05, 3.63) is 47.8 Å². The summed E-state index contributed by atoms with van der Waals surface area (Å²) in [6.45, 7) is 5.18. The van der Waals surface area contributed by atoms with Crippen LogP contribution in [-0.2, 0) is 6.54 Å². The second-order valence-corrected chi connectivity index (χ2v) is 6.73. The van der Waals surface area contributed by atoms with Crippen LogP contribution in [0.15, 0.2) is 30.5 Å². The molecule has 0 radical (unpaired) electrons. The van der Waals surface area contributed by atoms with Gasteiger partial charge in [-0.15, -0.1) is 12.4 Å². The highest BCUT2D eigenvalue weighted by Crippen LogP contribution is 2.36. The van der Waals surface area contributed by atoms with Gasteiger partial charge in [0.25, 0.3) is 0 Å². The summed E-state index contributed by atoms with van der Waals surface area (Å²) < 4.78 is 28.3. The molecule has 2 aliphatic heterocycles. The summed E-state index contributed by atoms with van der Waals surface area (Å²) in [7, 11) is 0. The van der Waals surface area contributed by atoms with E-state index in [4.69, 9.17) is 0 Å². The van der Waals surface area contributed by atoms with Gasteiger partial charge < -0.3 is 5.32 Å². The Kier molecular flexibility index (Phi) is 4.90. The fraction of sp³-hybridized carbons (Fsp3) is 0.471. The number of halogens is 3. The molecule has 0 amide bonds. The molecule has 1 aromatic heterocycles. The van der Waals surface area contributed by atoms with Crippen LogP contribution in [0.4, 0.5) is 8.78 Å². The van der Waals surface area contributed by atoms with Gasteiger partial charge >= 0.3 is 0 Å². The summed E-state index contributed by atoms with van der Waals surface area (Å²) in [6.07, 6.45) is 4.21. The fourth-order valence-electron chi connectivity index (χ4n) is 3.78. The van der Waals surface area contributed by atoms with E-state index in [1.807, 2.05) is 6.07 Å². The number of hydrogen-bond acceptors (Lipinski definition) is 3. The van der Waals surface area contributed by atoms with E-state index in [0.717, 1.165) is 44.5 Å². The number of aromatic nitrogens is 2. The highest BCUT2D eigenvalue weighted by molar-refractivity contribution is 5.85. The van der Waals surface area contributed by atoms with Crippen molar-refractivity contribution in [3.8, 4) is 5.69 Å². The lowest BCUT2D eigenvalue weighted by Crippen LogP contribution is -2.29. The molecule has 1 spiro atoms. The summed E-state index contributed by atoms with van der Waals surface area (Å²) in [4.78, 5) is 2.42. The first-order chi connectivity index (χ1) is 11.1. The van der Waals surface area contributed by atoms with Gasteiger partial charge in [0.15, 0.2) is 5.82 Å². The van der Waals surface area contributed by atoms with Gasteiger partial charge in [0.1, 0.15) is 11.5 Å². The third-order valence-electron chi connectivity index (χ3n) is 5.04. The van der Waals surface area contributed by atoms with Gasteiger partial charge in [0, 0.05) is 31.9 Å². The first kappa shape index (κ1) is 17.3. The quantitative estimate of drug-likeness (QED) is 0.920. The first-order valence-corrected chi connectivity index (χ1v) is 8.07. The average Bonchev–Trinajstić information content (AvgIpc) is 3.24. The van der Waals surface area contributed by atoms with Crippen molar-refractivity contribution in [1.29, 1.82) is 0 Å². The molecule has 1 N–H and O–H groups in total. The standard InChI is InChI=1S/C17H20F2N4.ClH/c18-13-1-2-16(15(19)9-13)23-7-3-14(21-23)10-22-8-5-17(12-22)4-6-20-11-17;/h1-3,7,9,20H,4-6,8,10-12H2;1H. The summed E-state index contributed by atoms with van der Waals surface area (Å²) in [5.41, 5.74) is 1.62. The minimum absolute atomic E-state index is 0. The Morgan fingerprint density at radius 3 is 2.83 bits per heavy atom. The predicted molar refractivity (Wildman–Crippen MR) is 90.5 cm³/mol. The molecule has 2 aliphatic rings. The van der Waals surface area contributed by atoms with Gasteiger partial charge in [-0.1, -0.05) is 0 Å². The van der Waals surface area contributed by atoms with Crippen molar-refractivity contribution < 1.29 is 8.78 Å². The lowest BCUT2D eigenvalue weighted by Gasteiger charge is -2.22. The van der Waals surface area contributed by atoms with Gasteiger partial charge in [-0.3, -0.25) is 4.90 Å². The third-order valence-corrected chi connectivity index (χ3v) is 5.04. The van der Waals surface area contributed by atoms with E-state index in [1.54, 1.807) is 6.20 Å². The Balaban J connectivity index is 0.00000169. The number of hydrogen-bond donors (Lipinski definition) is 1. The molecule has 1 unspecified atom stereocenters. The Morgan fingerprint density at radius 2 is 2.08 bits per heavy atom. The van der Waals surface area contributed by atoms with Crippen LogP contribution < -0.4 is 5.32 Å². The maximum Gasteiger partial charge on any atom is 0.151 e. The van der Waals surface area contributed by atoms with Crippen molar-refractivity contribution in [1.82, 2.24) is 20.0 Å². The summed E-state index contributed by atoms with van der Waals surface area (Å²) in [5, 5.41) is 7.90. The van der Waals surface area contributed by atoms with Crippen molar-refractivity contribution in [2.24, 2.45) is 5.41 Å². The van der Waals surface area contributed by atoms with Gasteiger partial charge in [-0.2, -0.15) is 5.10 Å². The lowest BCUT2D eigenvalue weighted by atomic mass is 9.87. The van der Waals surface area contributed by atoms with Crippen molar-refractivity contribution in [3.63, 3.8) is 0 Å². The Labute approximate surface area is 146 Å². The SMILES string of the molecule is Cl.Fc1ccc(-n2ccc(CN3CCC4(CCNC4)C3)n2)c(F)c1. The zero-order chi connectivity index (χ0) is 15.9. The van der Waals surface area contributed by atoms with E-state index >= 15 is 0 Å². The van der Waals surface area contributed by atoms with Crippen LogP contribution in [0.1, 0.15) is 18.5 Å². The molecular weight excluding hydrogens is 334 g/mol. The molecule has 0 saturated carbocycles. The molecule has 2 aromatic rings. The van der Waals surface area contributed by atoms with Crippen molar-refractivity contribution in [2.75, 3.05) is 26.2 Å². The topological polar surface area (TPSA) is 33.1 Å². The Hall–Kier alpha value is -1.50. The zero-order valence-corrected chi connectivity index (χ0v) is 14.2. The number of nitrogens with one attached hydrogen (secondary N) is 1. The molecule has 2 saturated heterocycles. The van der Waals surface area contributed by atoms with E-state index in [1.165, 1.54) is 29.7 Å². The van der Waals surface area contributed by atoms with Crippen LogP contribution in [0, 0.1) is 17.0 Å². The monoisotopic (exact) mass is 354 g/mol. The molecule has 2 fully saturated rings. The van der Waals surface area contributed by atoms with Crippen LogP contribution in [-0.4, -0.2) is 40.9 Å². The smallest absolute Gasteiger partial charge is 0.151 e. The van der Waals surface area contributed by atoms with Gasteiger partial charge in [0.2, 0.25) is 0 Å². The second kappa shape index (κ2) is 6.78. The zero-order valence-electron chi connectivity index (χ0n) is 13.3. The Morgan fingerprint density at radius 1 is 1.21 bits per heavy atom. The van der Waals surface area contributed by atoms with E-state index < -0.39 is 11.6 Å². The number of rotatable bonds is 3. The third kappa shape index (κ3) is 3.31. The molecule has 0 aliphatic carbocycles. The largest absolute Gasteiger partial charge is 0.316 e. The van der Waals surface area contributed by atoms with Crippen LogP contribution in [0.25, 0.3) is 5.69 Å². The summed E-state index contributed by atoms with van der Waals surface area (Å²) in [5.74, 6) is -1.18. The maximum absolute atomic E-state index is 13.8. The van der Waals surface area contributed by atoms with Crippen molar-refractivity contribution in [2.45, 2.75) is 19.4 Å². The molecule has 3 heterocycles. The minimum atomic E-state index is -0.600. The van der Waals surface area contributed by atoms with E-state index in [2.05, 4.69) is 15.3 Å². The van der Waals surface area contributed by atoms with Gasteiger partial charge in [-0.05, 0) is 49.5 Å². The molecule has 24 heavy (non-hydrogen) atoms. The fourth-order valence-corrected chi connectivity index (χ4v) is 3.78. The summed E-state index contributed by atoms with van der Waals surface area (Å²) in [6, 6.07) is 5.45. The minimum Gasteiger partial charge on any atom is -0.316 e. The summed E-state index contributed by atoms with van der Waals surface area (Å²) >= 11 is 0. The molecular formula is C17H21ClF2N4. The number of likely N-dealkylation sites (tertiary alicyclic amines) is 1. The van der Waals surface area contributed by atoms with E-state index in [-0.39, 0.29) is 18.1 Å². The highest BCUT2D eigenvalue weighted by atomic mass is 35.5. The Bertz CT molecular complexity index is 712. The average molecular weight is 355 g/mol. The molecule has 130 valence electrons. The van der Waals surface area contributed by atoms with E-state index in [0.29, 0.717) is 5.41 Å². The van der Waals surface area contributed by atoms with E-state index in [9.17, 15) is 8.78 Å². The molecule has 0 bridgehead atoms.